The Hall–Kier alpha value is -2.46. The van der Waals surface area contributed by atoms with Crippen molar-refractivity contribution in [3.05, 3.63) is 65.7 Å². The van der Waals surface area contributed by atoms with Crippen LogP contribution in [0.4, 0.5) is 5.69 Å². The molecule has 23 heavy (non-hydrogen) atoms. The van der Waals surface area contributed by atoms with Gasteiger partial charge in [-0.05, 0) is 50.2 Å². The normalized spacial score (nSPS) is 14.6. The Morgan fingerprint density at radius 1 is 0.870 bits per heavy atom. The number of ketones is 1. The predicted molar refractivity (Wildman–Crippen MR) is 90.6 cm³/mol. The van der Waals surface area contributed by atoms with Crippen molar-refractivity contribution in [3.63, 3.8) is 0 Å². The minimum absolute atomic E-state index is 0.00552. The van der Waals surface area contributed by atoms with Crippen LogP contribution in [0.5, 0.6) is 0 Å². The van der Waals surface area contributed by atoms with Crippen molar-refractivity contribution in [3.8, 4) is 0 Å². The highest BCUT2D eigenvalue weighted by atomic mass is 16.2. The van der Waals surface area contributed by atoms with Crippen molar-refractivity contribution in [2.75, 3.05) is 25.0 Å². The number of nitrogens with zero attached hydrogens (tertiary/aromatic N) is 1. The molecule has 0 bridgehead atoms. The Morgan fingerprint density at radius 2 is 1.48 bits per heavy atom. The fraction of sp³-hybridized carbons (Fsp3) is 0.263. The Morgan fingerprint density at radius 3 is 2.13 bits per heavy atom. The number of hydrogen-bond donors (Lipinski definition) is 1. The van der Waals surface area contributed by atoms with Crippen LogP contribution in [0.1, 0.15) is 28.8 Å². The van der Waals surface area contributed by atoms with E-state index >= 15 is 0 Å². The molecule has 0 aromatic heterocycles. The molecule has 0 saturated carbocycles. The summed E-state index contributed by atoms with van der Waals surface area (Å²) in [5.74, 6) is -0.0189. The summed E-state index contributed by atoms with van der Waals surface area (Å²) in [6, 6.07) is 16.2. The van der Waals surface area contributed by atoms with Crippen molar-refractivity contribution >= 4 is 17.4 Å². The molecule has 1 fully saturated rings. The molecule has 1 N–H and O–H groups in total. The number of likely N-dealkylation sites (tertiary alicyclic amines) is 1. The summed E-state index contributed by atoms with van der Waals surface area (Å²) in [5, 5.41) is 2.88. The molecule has 4 nitrogen and oxygen atoms in total. The van der Waals surface area contributed by atoms with Crippen LogP contribution in [-0.4, -0.2) is 36.2 Å². The van der Waals surface area contributed by atoms with E-state index in [0.717, 1.165) is 18.8 Å². The van der Waals surface area contributed by atoms with Gasteiger partial charge in [0.2, 0.25) is 5.91 Å². The van der Waals surface area contributed by atoms with E-state index in [4.69, 9.17) is 0 Å². The maximum Gasteiger partial charge on any atom is 0.238 e. The van der Waals surface area contributed by atoms with Gasteiger partial charge in [0.25, 0.3) is 0 Å². The minimum Gasteiger partial charge on any atom is -0.325 e. The lowest BCUT2D eigenvalue weighted by Gasteiger charge is -2.14. The standard InChI is InChI=1S/C19H20N2O2/c22-18(14-21-12-4-5-13-21)20-17-10-8-16(9-11-17)19(23)15-6-2-1-3-7-15/h1-3,6-11H,4-5,12-14H2,(H,20,22). The molecule has 1 amide bonds. The van der Waals surface area contributed by atoms with Crippen molar-refractivity contribution < 1.29 is 9.59 Å². The fourth-order valence-electron chi connectivity index (χ4n) is 2.81. The molecule has 4 heteroatoms. The van der Waals surface area contributed by atoms with Crippen LogP contribution in [-0.2, 0) is 4.79 Å². The van der Waals surface area contributed by atoms with E-state index in [0.29, 0.717) is 17.7 Å². The molecule has 0 aliphatic carbocycles. The second kappa shape index (κ2) is 7.20. The average molecular weight is 308 g/mol. The molecule has 2 aromatic rings. The number of nitrogens with one attached hydrogen (secondary N) is 1. The summed E-state index contributed by atoms with van der Waals surface area (Å²) in [6.07, 6.45) is 2.34. The Bertz CT molecular complexity index is 674. The Labute approximate surface area is 136 Å². The first-order valence-electron chi connectivity index (χ1n) is 7.94. The van der Waals surface area contributed by atoms with Crippen LogP contribution in [0.15, 0.2) is 54.6 Å². The topological polar surface area (TPSA) is 49.4 Å². The summed E-state index contributed by atoms with van der Waals surface area (Å²) >= 11 is 0. The van der Waals surface area contributed by atoms with Gasteiger partial charge in [0.15, 0.2) is 5.78 Å². The van der Waals surface area contributed by atoms with Gasteiger partial charge in [0.1, 0.15) is 0 Å². The van der Waals surface area contributed by atoms with Crippen LogP contribution in [0, 0.1) is 0 Å². The first-order chi connectivity index (χ1) is 11.2. The average Bonchev–Trinajstić information content (AvgIpc) is 3.08. The van der Waals surface area contributed by atoms with Crippen molar-refractivity contribution in [1.29, 1.82) is 0 Å². The van der Waals surface area contributed by atoms with E-state index in [2.05, 4.69) is 10.2 Å². The van der Waals surface area contributed by atoms with E-state index in [1.165, 1.54) is 12.8 Å². The van der Waals surface area contributed by atoms with Gasteiger partial charge < -0.3 is 5.32 Å². The summed E-state index contributed by atoms with van der Waals surface area (Å²) in [6.45, 7) is 2.43. The molecule has 0 atom stereocenters. The SMILES string of the molecule is O=C(CN1CCCC1)Nc1ccc(C(=O)c2ccccc2)cc1. The van der Waals surface area contributed by atoms with Gasteiger partial charge in [-0.1, -0.05) is 30.3 Å². The van der Waals surface area contributed by atoms with E-state index in [1.54, 1.807) is 36.4 Å². The third kappa shape index (κ3) is 4.05. The van der Waals surface area contributed by atoms with Gasteiger partial charge in [-0.15, -0.1) is 0 Å². The quantitative estimate of drug-likeness (QED) is 0.864. The van der Waals surface area contributed by atoms with Gasteiger partial charge in [-0.25, -0.2) is 0 Å². The lowest BCUT2D eigenvalue weighted by molar-refractivity contribution is -0.117. The molecule has 0 unspecified atom stereocenters. The molecule has 2 aromatic carbocycles. The molecule has 118 valence electrons. The molecular formula is C19H20N2O2. The van der Waals surface area contributed by atoms with Gasteiger partial charge >= 0.3 is 0 Å². The zero-order valence-corrected chi connectivity index (χ0v) is 13.0. The predicted octanol–water partition coefficient (Wildman–Crippen LogP) is 2.95. The maximum atomic E-state index is 12.3. The number of rotatable bonds is 5. The van der Waals surface area contributed by atoms with E-state index < -0.39 is 0 Å². The lowest BCUT2D eigenvalue weighted by Crippen LogP contribution is -2.30. The summed E-state index contributed by atoms with van der Waals surface area (Å²) in [5.41, 5.74) is 2.01. The van der Waals surface area contributed by atoms with Crippen LogP contribution in [0.3, 0.4) is 0 Å². The number of anilines is 1. The number of carbonyl (C=O) groups is 2. The summed E-state index contributed by atoms with van der Waals surface area (Å²) in [4.78, 5) is 26.5. The van der Waals surface area contributed by atoms with Gasteiger partial charge in [-0.3, -0.25) is 14.5 Å². The third-order valence-electron chi connectivity index (χ3n) is 4.03. The lowest BCUT2D eigenvalue weighted by atomic mass is 10.0. The summed E-state index contributed by atoms with van der Waals surface area (Å²) in [7, 11) is 0. The smallest absolute Gasteiger partial charge is 0.238 e. The highest BCUT2D eigenvalue weighted by Crippen LogP contribution is 2.14. The molecule has 3 rings (SSSR count). The first kappa shape index (κ1) is 15.4. The number of hydrogen-bond acceptors (Lipinski definition) is 3. The molecule has 1 aliphatic heterocycles. The van der Waals surface area contributed by atoms with Gasteiger partial charge in [0, 0.05) is 16.8 Å². The monoisotopic (exact) mass is 308 g/mol. The third-order valence-corrected chi connectivity index (χ3v) is 4.03. The van der Waals surface area contributed by atoms with Gasteiger partial charge in [0.05, 0.1) is 6.54 Å². The molecule has 1 saturated heterocycles. The highest BCUT2D eigenvalue weighted by molar-refractivity contribution is 6.09. The van der Waals surface area contributed by atoms with Crippen molar-refractivity contribution in [1.82, 2.24) is 4.90 Å². The van der Waals surface area contributed by atoms with E-state index in [1.807, 2.05) is 18.2 Å². The number of amides is 1. The zero-order chi connectivity index (χ0) is 16.1. The molecule has 0 radical (unpaired) electrons. The second-order valence-corrected chi connectivity index (χ2v) is 5.80. The number of benzene rings is 2. The second-order valence-electron chi connectivity index (χ2n) is 5.80. The van der Waals surface area contributed by atoms with E-state index in [9.17, 15) is 9.59 Å². The van der Waals surface area contributed by atoms with Crippen LogP contribution >= 0.6 is 0 Å². The number of carbonyl (C=O) groups excluding carboxylic acids is 2. The molecule has 1 aliphatic rings. The van der Waals surface area contributed by atoms with E-state index in [-0.39, 0.29) is 11.7 Å². The summed E-state index contributed by atoms with van der Waals surface area (Å²) < 4.78 is 0. The van der Waals surface area contributed by atoms with Crippen LogP contribution < -0.4 is 5.32 Å². The molecule has 1 heterocycles. The molecule has 0 spiro atoms. The minimum atomic E-state index is -0.0134. The zero-order valence-electron chi connectivity index (χ0n) is 13.0. The Kier molecular flexibility index (Phi) is 4.83. The van der Waals surface area contributed by atoms with Crippen molar-refractivity contribution in [2.45, 2.75) is 12.8 Å². The maximum absolute atomic E-state index is 12.3. The Balaban J connectivity index is 1.60. The van der Waals surface area contributed by atoms with Crippen LogP contribution in [0.25, 0.3) is 0 Å². The fourth-order valence-corrected chi connectivity index (χ4v) is 2.81. The van der Waals surface area contributed by atoms with Gasteiger partial charge in [-0.2, -0.15) is 0 Å². The molecular weight excluding hydrogens is 288 g/mol. The van der Waals surface area contributed by atoms with Crippen LogP contribution in [0.2, 0.25) is 0 Å². The first-order valence-corrected chi connectivity index (χ1v) is 7.94. The highest BCUT2D eigenvalue weighted by Gasteiger charge is 2.15. The largest absolute Gasteiger partial charge is 0.325 e. The van der Waals surface area contributed by atoms with Crippen molar-refractivity contribution in [2.24, 2.45) is 0 Å².